The van der Waals surface area contributed by atoms with E-state index in [0.717, 1.165) is 31.8 Å². The van der Waals surface area contributed by atoms with Crippen LogP contribution in [0.3, 0.4) is 0 Å². The molecule has 0 aromatic heterocycles. The fraction of sp³-hybridized carbons (Fsp3) is 0.556. The van der Waals surface area contributed by atoms with Gasteiger partial charge < -0.3 is 15.0 Å². The standard InChI is InChI=1S/C18H28N2O/c1-16(19-2)14-21-15-18(9-11-20(3)12-10-18)13-17-7-5-4-6-8-17/h4-8,19H,1,9-15H2,2-3H3. The molecule has 3 nitrogen and oxygen atoms in total. The molecule has 0 atom stereocenters. The van der Waals surface area contributed by atoms with E-state index >= 15 is 0 Å². The van der Waals surface area contributed by atoms with E-state index in [9.17, 15) is 0 Å². The van der Waals surface area contributed by atoms with Gasteiger partial charge in [-0.2, -0.15) is 0 Å². The van der Waals surface area contributed by atoms with Crippen LogP contribution in [0.4, 0.5) is 0 Å². The number of hydrogen-bond acceptors (Lipinski definition) is 3. The van der Waals surface area contributed by atoms with E-state index in [1.807, 2.05) is 7.05 Å². The summed E-state index contributed by atoms with van der Waals surface area (Å²) in [7, 11) is 4.09. The zero-order chi connectivity index (χ0) is 15.1. The lowest BCUT2D eigenvalue weighted by Crippen LogP contribution is -2.42. The quantitative estimate of drug-likeness (QED) is 0.835. The molecule has 1 aliphatic rings. The molecule has 1 N–H and O–H groups in total. The first-order valence-corrected chi connectivity index (χ1v) is 7.79. The van der Waals surface area contributed by atoms with Gasteiger partial charge in [0, 0.05) is 18.2 Å². The summed E-state index contributed by atoms with van der Waals surface area (Å²) in [4.78, 5) is 2.41. The second-order valence-electron chi connectivity index (χ2n) is 6.31. The third kappa shape index (κ3) is 4.87. The summed E-state index contributed by atoms with van der Waals surface area (Å²) in [5.41, 5.74) is 2.62. The van der Waals surface area contributed by atoms with Crippen molar-refractivity contribution in [2.24, 2.45) is 5.41 Å². The number of likely N-dealkylation sites (tertiary alicyclic amines) is 1. The summed E-state index contributed by atoms with van der Waals surface area (Å²) in [6.45, 7) is 7.66. The summed E-state index contributed by atoms with van der Waals surface area (Å²) in [6.07, 6.45) is 3.50. The van der Waals surface area contributed by atoms with Crippen LogP contribution < -0.4 is 5.32 Å². The molecule has 2 rings (SSSR count). The van der Waals surface area contributed by atoms with Gasteiger partial charge in [0.05, 0.1) is 13.2 Å². The molecule has 1 aromatic rings. The number of nitrogens with one attached hydrogen (secondary N) is 1. The minimum atomic E-state index is 0.266. The van der Waals surface area contributed by atoms with Gasteiger partial charge in [0.15, 0.2) is 0 Å². The van der Waals surface area contributed by atoms with Crippen molar-refractivity contribution in [3.63, 3.8) is 0 Å². The van der Waals surface area contributed by atoms with Crippen LogP contribution in [0.5, 0.6) is 0 Å². The highest BCUT2D eigenvalue weighted by molar-refractivity contribution is 5.17. The molecule has 0 aliphatic carbocycles. The van der Waals surface area contributed by atoms with E-state index in [-0.39, 0.29) is 5.41 Å². The minimum absolute atomic E-state index is 0.266. The fourth-order valence-corrected chi connectivity index (χ4v) is 2.96. The molecular weight excluding hydrogens is 260 g/mol. The molecular formula is C18H28N2O. The van der Waals surface area contributed by atoms with Crippen molar-refractivity contribution in [3.8, 4) is 0 Å². The first-order chi connectivity index (χ1) is 10.1. The Balaban J connectivity index is 1.98. The van der Waals surface area contributed by atoms with Gasteiger partial charge in [0.2, 0.25) is 0 Å². The van der Waals surface area contributed by atoms with Gasteiger partial charge in [-0.25, -0.2) is 0 Å². The van der Waals surface area contributed by atoms with Crippen LogP contribution in [0.25, 0.3) is 0 Å². The molecule has 0 spiro atoms. The minimum Gasteiger partial charge on any atom is -0.390 e. The molecule has 1 fully saturated rings. The van der Waals surface area contributed by atoms with Gasteiger partial charge in [-0.15, -0.1) is 0 Å². The third-order valence-electron chi connectivity index (χ3n) is 4.51. The summed E-state index contributed by atoms with van der Waals surface area (Å²) in [5.74, 6) is 0. The number of nitrogens with zero attached hydrogens (tertiary/aromatic N) is 1. The average molecular weight is 288 g/mol. The van der Waals surface area contributed by atoms with Crippen molar-refractivity contribution in [3.05, 3.63) is 48.2 Å². The molecule has 21 heavy (non-hydrogen) atoms. The van der Waals surface area contributed by atoms with Crippen LogP contribution in [0, 0.1) is 5.41 Å². The van der Waals surface area contributed by atoms with Crippen molar-refractivity contribution < 1.29 is 4.74 Å². The van der Waals surface area contributed by atoms with Gasteiger partial charge in [-0.05, 0) is 45.0 Å². The Morgan fingerprint density at radius 1 is 1.29 bits per heavy atom. The highest BCUT2D eigenvalue weighted by atomic mass is 16.5. The Kier molecular flexibility index (Phi) is 5.83. The van der Waals surface area contributed by atoms with Crippen LogP contribution in [0.15, 0.2) is 42.6 Å². The average Bonchev–Trinajstić information content (AvgIpc) is 2.51. The lowest BCUT2D eigenvalue weighted by molar-refractivity contribution is 0.0122. The second-order valence-corrected chi connectivity index (χ2v) is 6.31. The molecule has 0 radical (unpaired) electrons. The summed E-state index contributed by atoms with van der Waals surface area (Å²) in [6, 6.07) is 10.8. The zero-order valence-electron chi connectivity index (χ0n) is 13.4. The number of likely N-dealkylation sites (N-methyl/N-ethyl adjacent to an activating group) is 1. The molecule has 116 valence electrons. The van der Waals surface area contributed by atoms with Crippen LogP contribution in [-0.2, 0) is 11.2 Å². The number of benzene rings is 1. The van der Waals surface area contributed by atoms with Crippen molar-refractivity contribution in [1.82, 2.24) is 10.2 Å². The van der Waals surface area contributed by atoms with Crippen molar-refractivity contribution in [2.45, 2.75) is 19.3 Å². The van der Waals surface area contributed by atoms with E-state index in [2.05, 4.69) is 54.2 Å². The lowest BCUT2D eigenvalue weighted by atomic mass is 9.74. The summed E-state index contributed by atoms with van der Waals surface area (Å²) < 4.78 is 5.96. The summed E-state index contributed by atoms with van der Waals surface area (Å²) >= 11 is 0. The third-order valence-corrected chi connectivity index (χ3v) is 4.51. The monoisotopic (exact) mass is 288 g/mol. The first kappa shape index (κ1) is 16.1. The van der Waals surface area contributed by atoms with Crippen LogP contribution >= 0.6 is 0 Å². The maximum Gasteiger partial charge on any atom is 0.0856 e. The van der Waals surface area contributed by atoms with Gasteiger partial charge in [0.25, 0.3) is 0 Å². The van der Waals surface area contributed by atoms with Gasteiger partial charge >= 0.3 is 0 Å². The predicted octanol–water partition coefficient (Wildman–Crippen LogP) is 2.69. The first-order valence-electron chi connectivity index (χ1n) is 7.79. The number of hydrogen-bond donors (Lipinski definition) is 1. The van der Waals surface area contributed by atoms with Gasteiger partial charge in [-0.1, -0.05) is 36.9 Å². The van der Waals surface area contributed by atoms with E-state index in [1.54, 1.807) is 0 Å². The fourth-order valence-electron chi connectivity index (χ4n) is 2.96. The van der Waals surface area contributed by atoms with Crippen molar-refractivity contribution in [1.29, 1.82) is 0 Å². The summed E-state index contributed by atoms with van der Waals surface area (Å²) in [5, 5.41) is 3.04. The molecule has 1 aromatic carbocycles. The molecule has 0 unspecified atom stereocenters. The van der Waals surface area contributed by atoms with E-state index in [1.165, 1.54) is 18.4 Å². The second kappa shape index (κ2) is 7.62. The Morgan fingerprint density at radius 3 is 2.57 bits per heavy atom. The molecule has 1 heterocycles. The topological polar surface area (TPSA) is 24.5 Å². The number of ether oxygens (including phenoxy) is 1. The largest absolute Gasteiger partial charge is 0.390 e. The maximum absolute atomic E-state index is 5.96. The zero-order valence-corrected chi connectivity index (χ0v) is 13.4. The molecule has 0 saturated carbocycles. The smallest absolute Gasteiger partial charge is 0.0856 e. The van der Waals surface area contributed by atoms with Crippen molar-refractivity contribution >= 4 is 0 Å². The van der Waals surface area contributed by atoms with E-state index in [4.69, 9.17) is 4.74 Å². The van der Waals surface area contributed by atoms with Crippen LogP contribution in [-0.4, -0.2) is 45.3 Å². The van der Waals surface area contributed by atoms with Gasteiger partial charge in [-0.3, -0.25) is 0 Å². The molecule has 0 amide bonds. The maximum atomic E-state index is 5.96. The molecule has 1 saturated heterocycles. The van der Waals surface area contributed by atoms with Crippen molar-refractivity contribution in [2.75, 3.05) is 40.4 Å². The molecule has 1 aliphatic heterocycles. The lowest BCUT2D eigenvalue weighted by Gasteiger charge is -2.40. The number of piperidine rings is 1. The Hall–Kier alpha value is -1.32. The Labute approximate surface area is 129 Å². The molecule has 3 heteroatoms. The van der Waals surface area contributed by atoms with Gasteiger partial charge in [0.1, 0.15) is 0 Å². The Morgan fingerprint density at radius 2 is 1.95 bits per heavy atom. The predicted molar refractivity (Wildman–Crippen MR) is 88.3 cm³/mol. The number of rotatable bonds is 7. The Bertz CT molecular complexity index is 436. The van der Waals surface area contributed by atoms with E-state index in [0.29, 0.717) is 6.61 Å². The van der Waals surface area contributed by atoms with E-state index < -0.39 is 0 Å². The molecule has 0 bridgehead atoms. The highest BCUT2D eigenvalue weighted by Gasteiger charge is 2.34. The highest BCUT2D eigenvalue weighted by Crippen LogP contribution is 2.35. The van der Waals surface area contributed by atoms with Crippen LogP contribution in [0.2, 0.25) is 0 Å². The SMILES string of the molecule is C=C(COCC1(Cc2ccccc2)CCN(C)CC1)NC. The van der Waals surface area contributed by atoms with Crippen LogP contribution in [0.1, 0.15) is 18.4 Å². The normalized spacial score (nSPS) is 18.4.